The third kappa shape index (κ3) is 3.24. The van der Waals surface area contributed by atoms with Gasteiger partial charge in [0, 0.05) is 42.5 Å². The Morgan fingerprint density at radius 3 is 2.92 bits per heavy atom. The number of nitrogens with zero attached hydrogens (tertiary/aromatic N) is 2. The van der Waals surface area contributed by atoms with E-state index in [9.17, 15) is 5.11 Å². The molecule has 1 saturated heterocycles. The number of nitrogens with one attached hydrogen (secondary N) is 1. The third-order valence-corrected chi connectivity index (χ3v) is 5.36. The van der Waals surface area contributed by atoms with Crippen LogP contribution >= 0.6 is 0 Å². The number of rotatable bonds is 4. The van der Waals surface area contributed by atoms with Crippen molar-refractivity contribution in [2.45, 2.75) is 38.0 Å². The molecular weight excluding hydrogens is 302 g/mol. The molecule has 1 aromatic carbocycles. The monoisotopic (exact) mass is 327 g/mol. The predicted octanol–water partition coefficient (Wildman–Crippen LogP) is 2.44. The lowest BCUT2D eigenvalue weighted by Crippen LogP contribution is -2.50. The van der Waals surface area contributed by atoms with Crippen molar-refractivity contribution in [3.8, 4) is 11.4 Å². The van der Waals surface area contributed by atoms with Gasteiger partial charge in [0.25, 0.3) is 0 Å². The first-order chi connectivity index (χ1) is 11.8. The fourth-order valence-corrected chi connectivity index (χ4v) is 4.07. The standard InChI is InChI=1S/C19H25N3O2/c23-18-8-4-7-16(18)17-13-24-10-9-22(17)12-15-11-20-19(21-15)14-5-2-1-3-6-14/h1-3,5-6,11,16-18,23H,4,7-10,12-13H2,(H,20,21)/t16-,17-,18+/m0/s1. The number of morpholine rings is 1. The zero-order valence-electron chi connectivity index (χ0n) is 13.9. The van der Waals surface area contributed by atoms with Crippen molar-refractivity contribution in [1.29, 1.82) is 0 Å². The van der Waals surface area contributed by atoms with Crippen LogP contribution in [0.1, 0.15) is 25.0 Å². The highest BCUT2D eigenvalue weighted by atomic mass is 16.5. The van der Waals surface area contributed by atoms with Gasteiger partial charge >= 0.3 is 0 Å². The molecular formula is C19H25N3O2. The number of H-pyrrole nitrogens is 1. The highest BCUT2D eigenvalue weighted by molar-refractivity contribution is 5.54. The van der Waals surface area contributed by atoms with E-state index in [4.69, 9.17) is 4.74 Å². The van der Waals surface area contributed by atoms with Crippen molar-refractivity contribution in [2.24, 2.45) is 5.92 Å². The molecule has 0 spiro atoms. The predicted molar refractivity (Wildman–Crippen MR) is 92.4 cm³/mol. The second kappa shape index (κ2) is 7.05. The minimum atomic E-state index is -0.180. The van der Waals surface area contributed by atoms with Gasteiger partial charge in [0.1, 0.15) is 5.82 Å². The summed E-state index contributed by atoms with van der Waals surface area (Å²) in [5.41, 5.74) is 2.22. The summed E-state index contributed by atoms with van der Waals surface area (Å²) < 4.78 is 5.71. The summed E-state index contributed by atoms with van der Waals surface area (Å²) in [6.45, 7) is 3.23. The van der Waals surface area contributed by atoms with Crippen LogP contribution in [-0.4, -0.2) is 51.9 Å². The van der Waals surface area contributed by atoms with E-state index >= 15 is 0 Å². The quantitative estimate of drug-likeness (QED) is 0.905. The Hall–Kier alpha value is -1.69. The molecule has 5 heteroatoms. The molecule has 0 bridgehead atoms. The Bertz CT molecular complexity index is 658. The topological polar surface area (TPSA) is 61.4 Å². The first-order valence-corrected chi connectivity index (χ1v) is 8.90. The first kappa shape index (κ1) is 15.8. The molecule has 0 radical (unpaired) electrons. The Morgan fingerprint density at radius 1 is 1.25 bits per heavy atom. The molecule has 1 aromatic heterocycles. The van der Waals surface area contributed by atoms with Crippen LogP contribution in [0.2, 0.25) is 0 Å². The van der Waals surface area contributed by atoms with Crippen LogP contribution in [0, 0.1) is 5.92 Å². The van der Waals surface area contributed by atoms with Crippen LogP contribution in [0.4, 0.5) is 0 Å². The molecule has 1 saturated carbocycles. The molecule has 0 unspecified atom stereocenters. The van der Waals surface area contributed by atoms with Crippen molar-refractivity contribution < 1.29 is 9.84 Å². The van der Waals surface area contributed by atoms with E-state index in [2.05, 4.69) is 27.0 Å². The molecule has 0 amide bonds. The maximum absolute atomic E-state index is 10.3. The number of aliphatic hydroxyl groups is 1. The van der Waals surface area contributed by atoms with E-state index in [1.165, 1.54) is 0 Å². The minimum absolute atomic E-state index is 0.180. The lowest BCUT2D eigenvalue weighted by atomic mass is 9.94. The number of benzene rings is 1. The molecule has 24 heavy (non-hydrogen) atoms. The Kier molecular flexibility index (Phi) is 4.65. The van der Waals surface area contributed by atoms with Crippen molar-refractivity contribution in [3.05, 3.63) is 42.2 Å². The number of imidazole rings is 1. The highest BCUT2D eigenvalue weighted by Crippen LogP contribution is 2.32. The summed E-state index contributed by atoms with van der Waals surface area (Å²) in [4.78, 5) is 10.4. The number of hydrogen-bond acceptors (Lipinski definition) is 4. The third-order valence-electron chi connectivity index (χ3n) is 5.36. The Balaban J connectivity index is 1.48. The van der Waals surface area contributed by atoms with Gasteiger partial charge in [-0.15, -0.1) is 0 Å². The van der Waals surface area contributed by atoms with Crippen molar-refractivity contribution >= 4 is 0 Å². The molecule has 2 heterocycles. The lowest BCUT2D eigenvalue weighted by Gasteiger charge is -2.39. The van der Waals surface area contributed by atoms with E-state index in [1.807, 2.05) is 24.4 Å². The fourth-order valence-electron chi connectivity index (χ4n) is 4.07. The van der Waals surface area contributed by atoms with E-state index in [1.54, 1.807) is 0 Å². The zero-order valence-corrected chi connectivity index (χ0v) is 13.9. The van der Waals surface area contributed by atoms with Crippen LogP contribution in [0.15, 0.2) is 36.5 Å². The van der Waals surface area contributed by atoms with Crippen molar-refractivity contribution in [1.82, 2.24) is 14.9 Å². The largest absolute Gasteiger partial charge is 0.393 e. The average molecular weight is 327 g/mol. The summed E-state index contributed by atoms with van der Waals surface area (Å²) >= 11 is 0. The van der Waals surface area contributed by atoms with Crippen LogP contribution in [-0.2, 0) is 11.3 Å². The molecule has 4 rings (SSSR count). The number of hydrogen-bond donors (Lipinski definition) is 2. The van der Waals surface area contributed by atoms with Gasteiger partial charge in [0.15, 0.2) is 0 Å². The number of aromatic amines is 1. The minimum Gasteiger partial charge on any atom is -0.393 e. The Morgan fingerprint density at radius 2 is 2.12 bits per heavy atom. The molecule has 2 fully saturated rings. The van der Waals surface area contributed by atoms with E-state index in [0.29, 0.717) is 12.0 Å². The van der Waals surface area contributed by atoms with Crippen LogP contribution in [0.3, 0.4) is 0 Å². The smallest absolute Gasteiger partial charge is 0.137 e. The summed E-state index contributed by atoms with van der Waals surface area (Å²) in [6.07, 6.45) is 4.90. The van der Waals surface area contributed by atoms with Gasteiger partial charge in [-0.1, -0.05) is 36.8 Å². The number of ether oxygens (including phenoxy) is 1. The molecule has 2 N–H and O–H groups in total. The number of aliphatic hydroxyl groups excluding tert-OH is 1. The molecule has 5 nitrogen and oxygen atoms in total. The van der Waals surface area contributed by atoms with Crippen LogP contribution in [0.5, 0.6) is 0 Å². The second-order valence-electron chi connectivity index (χ2n) is 6.90. The van der Waals surface area contributed by atoms with Crippen LogP contribution in [0.25, 0.3) is 11.4 Å². The maximum atomic E-state index is 10.3. The van der Waals surface area contributed by atoms with Gasteiger partial charge in [-0.2, -0.15) is 0 Å². The first-order valence-electron chi connectivity index (χ1n) is 8.90. The molecule has 3 atom stereocenters. The van der Waals surface area contributed by atoms with E-state index in [0.717, 1.165) is 62.6 Å². The van der Waals surface area contributed by atoms with Gasteiger partial charge < -0.3 is 14.8 Å². The molecule has 1 aliphatic carbocycles. The van der Waals surface area contributed by atoms with Gasteiger partial charge in [-0.05, 0) is 12.8 Å². The van der Waals surface area contributed by atoms with Gasteiger partial charge in [0.2, 0.25) is 0 Å². The van der Waals surface area contributed by atoms with Gasteiger partial charge in [-0.25, -0.2) is 4.98 Å². The summed E-state index contributed by atoms with van der Waals surface area (Å²) in [7, 11) is 0. The molecule has 2 aliphatic rings. The van der Waals surface area contributed by atoms with Gasteiger partial charge in [0.05, 0.1) is 19.3 Å². The average Bonchev–Trinajstić information content (AvgIpc) is 3.25. The van der Waals surface area contributed by atoms with Gasteiger partial charge in [-0.3, -0.25) is 4.90 Å². The van der Waals surface area contributed by atoms with E-state index in [-0.39, 0.29) is 6.10 Å². The summed E-state index contributed by atoms with van der Waals surface area (Å²) in [6, 6.07) is 10.5. The highest BCUT2D eigenvalue weighted by Gasteiger charge is 2.37. The van der Waals surface area contributed by atoms with Crippen LogP contribution < -0.4 is 0 Å². The normalized spacial score (nSPS) is 28.3. The molecule has 1 aliphatic heterocycles. The van der Waals surface area contributed by atoms with E-state index < -0.39 is 0 Å². The Labute approximate surface area is 142 Å². The fraction of sp³-hybridized carbons (Fsp3) is 0.526. The van der Waals surface area contributed by atoms with Crippen molar-refractivity contribution in [2.75, 3.05) is 19.8 Å². The summed E-state index contributed by atoms with van der Waals surface area (Å²) in [5, 5.41) is 10.3. The second-order valence-corrected chi connectivity index (χ2v) is 6.90. The lowest BCUT2D eigenvalue weighted by molar-refractivity contribution is -0.0540. The SMILES string of the molecule is O[C@@H]1CCC[C@H]1[C@@H]1COCCN1Cc1cnc(-c2ccccc2)[nH]1. The molecule has 128 valence electrons. The number of aromatic nitrogens is 2. The maximum Gasteiger partial charge on any atom is 0.137 e. The zero-order chi connectivity index (χ0) is 16.4. The summed E-state index contributed by atoms with van der Waals surface area (Å²) in [5.74, 6) is 1.25. The van der Waals surface area contributed by atoms with Crippen molar-refractivity contribution in [3.63, 3.8) is 0 Å². The molecule has 2 aromatic rings.